The molecule has 0 aliphatic heterocycles. The van der Waals surface area contributed by atoms with E-state index >= 15 is 0 Å². The van der Waals surface area contributed by atoms with E-state index in [2.05, 4.69) is 35.5 Å². The van der Waals surface area contributed by atoms with E-state index in [1.54, 1.807) is 0 Å². The summed E-state index contributed by atoms with van der Waals surface area (Å²) in [5.41, 5.74) is 2.32. The second kappa shape index (κ2) is 9.64. The maximum absolute atomic E-state index is 6.32. The second-order valence-electron chi connectivity index (χ2n) is 7.44. The van der Waals surface area contributed by atoms with E-state index in [0.29, 0.717) is 0 Å². The number of halogens is 2. The molecule has 4 heteroatoms. The number of benzene rings is 2. The minimum atomic E-state index is 0.760. The summed E-state index contributed by atoms with van der Waals surface area (Å²) < 4.78 is 0. The van der Waals surface area contributed by atoms with Crippen LogP contribution in [0.2, 0.25) is 10.0 Å². The number of nitrogens with one attached hydrogen (secondary N) is 1. The third-order valence-corrected chi connectivity index (χ3v) is 6.16. The van der Waals surface area contributed by atoms with E-state index in [-0.39, 0.29) is 0 Å². The Bertz CT molecular complexity index is 696. The quantitative estimate of drug-likeness (QED) is 0.620. The number of para-hydroxylation sites is 1. The smallest absolute Gasteiger partial charge is 0.0639 e. The van der Waals surface area contributed by atoms with Crippen LogP contribution in [0.1, 0.15) is 31.2 Å². The van der Waals surface area contributed by atoms with E-state index < -0.39 is 0 Å². The summed E-state index contributed by atoms with van der Waals surface area (Å²) >= 11 is 12.5. The molecule has 140 valence electrons. The lowest BCUT2D eigenvalue weighted by atomic mass is 9.81. The van der Waals surface area contributed by atoms with E-state index in [1.165, 1.54) is 31.2 Å². The van der Waals surface area contributed by atoms with E-state index in [9.17, 15) is 0 Å². The molecule has 1 aliphatic rings. The molecule has 2 aromatic carbocycles. The van der Waals surface area contributed by atoms with Gasteiger partial charge in [-0.1, -0.05) is 53.5 Å². The monoisotopic (exact) mass is 390 g/mol. The van der Waals surface area contributed by atoms with Gasteiger partial charge in [-0.3, -0.25) is 0 Å². The Balaban J connectivity index is 1.39. The van der Waals surface area contributed by atoms with Gasteiger partial charge < -0.3 is 10.2 Å². The lowest BCUT2D eigenvalue weighted by Gasteiger charge is -2.32. The Labute approximate surface area is 167 Å². The minimum absolute atomic E-state index is 0.760. The van der Waals surface area contributed by atoms with Crippen molar-refractivity contribution in [3.8, 4) is 0 Å². The molecule has 0 aromatic heterocycles. The van der Waals surface area contributed by atoms with Gasteiger partial charge in [0.1, 0.15) is 0 Å². The van der Waals surface area contributed by atoms with Crippen LogP contribution in [-0.4, -0.2) is 20.1 Å². The molecular weight excluding hydrogens is 363 g/mol. The number of rotatable bonds is 7. The first-order valence-corrected chi connectivity index (χ1v) is 10.3. The van der Waals surface area contributed by atoms with Gasteiger partial charge in [0, 0.05) is 25.2 Å². The summed E-state index contributed by atoms with van der Waals surface area (Å²) in [6.07, 6.45) is 5.20. The average Bonchev–Trinajstić information content (AvgIpc) is 2.65. The van der Waals surface area contributed by atoms with Crippen molar-refractivity contribution in [2.45, 2.75) is 32.2 Å². The van der Waals surface area contributed by atoms with Crippen molar-refractivity contribution in [1.82, 2.24) is 5.32 Å². The van der Waals surface area contributed by atoms with Gasteiger partial charge in [0.2, 0.25) is 0 Å². The van der Waals surface area contributed by atoms with Crippen LogP contribution in [0.3, 0.4) is 0 Å². The molecule has 0 bridgehead atoms. The number of hydrogen-bond donors (Lipinski definition) is 1. The molecule has 0 radical (unpaired) electrons. The Morgan fingerprint density at radius 2 is 1.50 bits per heavy atom. The van der Waals surface area contributed by atoms with Gasteiger partial charge in [0.25, 0.3) is 0 Å². The van der Waals surface area contributed by atoms with E-state index in [4.69, 9.17) is 23.2 Å². The summed E-state index contributed by atoms with van der Waals surface area (Å²) in [7, 11) is 2.15. The zero-order valence-electron chi connectivity index (χ0n) is 15.4. The summed E-state index contributed by atoms with van der Waals surface area (Å²) in [5, 5.41) is 5.28. The fraction of sp³-hybridized carbons (Fsp3) is 0.455. The third kappa shape index (κ3) is 5.39. The summed E-state index contributed by atoms with van der Waals surface area (Å²) in [6, 6.07) is 16.2. The fourth-order valence-corrected chi connectivity index (χ4v) is 4.40. The van der Waals surface area contributed by atoms with Gasteiger partial charge in [-0.2, -0.15) is 0 Å². The number of hydrogen-bond acceptors (Lipinski definition) is 2. The highest BCUT2D eigenvalue weighted by atomic mass is 35.5. The highest BCUT2D eigenvalue weighted by Crippen LogP contribution is 2.31. The maximum Gasteiger partial charge on any atom is 0.0639 e. The molecule has 0 amide bonds. The molecule has 0 saturated heterocycles. The predicted octanol–water partition coefficient (Wildman–Crippen LogP) is 6.03. The van der Waals surface area contributed by atoms with Crippen LogP contribution in [-0.2, 0) is 6.54 Å². The molecule has 1 N–H and O–H groups in total. The molecule has 3 rings (SSSR count). The van der Waals surface area contributed by atoms with Gasteiger partial charge in [-0.25, -0.2) is 0 Å². The predicted molar refractivity (Wildman–Crippen MR) is 113 cm³/mol. The molecule has 26 heavy (non-hydrogen) atoms. The SMILES string of the molecule is CN(CC1CCC(CNCc2ccccc2Cl)CC1)c1ccccc1Cl. The van der Waals surface area contributed by atoms with Crippen LogP contribution in [0, 0.1) is 11.8 Å². The Hall–Kier alpha value is -1.22. The lowest BCUT2D eigenvalue weighted by Crippen LogP contribution is -2.31. The largest absolute Gasteiger partial charge is 0.373 e. The summed E-state index contributed by atoms with van der Waals surface area (Å²) in [4.78, 5) is 2.31. The van der Waals surface area contributed by atoms with Crippen molar-refractivity contribution in [3.05, 3.63) is 64.1 Å². The van der Waals surface area contributed by atoms with Crippen molar-refractivity contribution in [2.24, 2.45) is 11.8 Å². The second-order valence-corrected chi connectivity index (χ2v) is 8.26. The van der Waals surface area contributed by atoms with Crippen LogP contribution in [0.25, 0.3) is 0 Å². The molecule has 0 heterocycles. The Morgan fingerprint density at radius 3 is 2.19 bits per heavy atom. The average molecular weight is 391 g/mol. The highest BCUT2D eigenvalue weighted by Gasteiger charge is 2.22. The zero-order valence-corrected chi connectivity index (χ0v) is 16.9. The van der Waals surface area contributed by atoms with Gasteiger partial charge >= 0.3 is 0 Å². The zero-order chi connectivity index (χ0) is 18.4. The third-order valence-electron chi connectivity index (χ3n) is 5.47. The molecule has 1 fully saturated rings. The van der Waals surface area contributed by atoms with Gasteiger partial charge in [-0.05, 0) is 67.8 Å². The molecule has 1 aliphatic carbocycles. The number of nitrogens with zero attached hydrogens (tertiary/aromatic N) is 1. The standard InChI is InChI=1S/C22H28Cl2N2/c1-26(22-9-5-4-8-21(22)24)16-18-12-10-17(11-13-18)14-25-15-19-6-2-3-7-20(19)23/h2-9,17-18,25H,10-16H2,1H3. The molecule has 0 atom stereocenters. The highest BCUT2D eigenvalue weighted by molar-refractivity contribution is 6.33. The molecule has 0 spiro atoms. The minimum Gasteiger partial charge on any atom is -0.373 e. The topological polar surface area (TPSA) is 15.3 Å². The summed E-state index contributed by atoms with van der Waals surface area (Å²) in [6.45, 7) is 3.02. The van der Waals surface area contributed by atoms with E-state index in [0.717, 1.165) is 47.2 Å². The molecule has 2 nitrogen and oxygen atoms in total. The van der Waals surface area contributed by atoms with Gasteiger partial charge in [0.05, 0.1) is 10.7 Å². The van der Waals surface area contributed by atoms with E-state index in [1.807, 2.05) is 30.3 Å². The van der Waals surface area contributed by atoms with Gasteiger partial charge in [-0.15, -0.1) is 0 Å². The van der Waals surface area contributed by atoms with Crippen LogP contribution in [0.15, 0.2) is 48.5 Å². The Morgan fingerprint density at radius 1 is 0.885 bits per heavy atom. The van der Waals surface area contributed by atoms with Crippen molar-refractivity contribution in [1.29, 1.82) is 0 Å². The van der Waals surface area contributed by atoms with Crippen LogP contribution >= 0.6 is 23.2 Å². The van der Waals surface area contributed by atoms with Gasteiger partial charge in [0.15, 0.2) is 0 Å². The van der Waals surface area contributed by atoms with Crippen molar-refractivity contribution >= 4 is 28.9 Å². The van der Waals surface area contributed by atoms with Crippen molar-refractivity contribution in [3.63, 3.8) is 0 Å². The maximum atomic E-state index is 6.32. The first-order chi connectivity index (χ1) is 12.6. The Kier molecular flexibility index (Phi) is 7.24. The molecule has 1 saturated carbocycles. The fourth-order valence-electron chi connectivity index (χ4n) is 3.92. The van der Waals surface area contributed by atoms with Crippen LogP contribution in [0.4, 0.5) is 5.69 Å². The molecular formula is C22H28Cl2N2. The van der Waals surface area contributed by atoms with Crippen LogP contribution < -0.4 is 10.2 Å². The summed E-state index contributed by atoms with van der Waals surface area (Å²) in [5.74, 6) is 1.54. The van der Waals surface area contributed by atoms with Crippen molar-refractivity contribution < 1.29 is 0 Å². The molecule has 2 aromatic rings. The first kappa shape index (κ1) is 19.5. The van der Waals surface area contributed by atoms with Crippen molar-refractivity contribution in [2.75, 3.05) is 25.0 Å². The normalized spacial score (nSPS) is 20.1. The number of anilines is 1. The van der Waals surface area contributed by atoms with Crippen LogP contribution in [0.5, 0.6) is 0 Å². The molecule has 0 unspecified atom stereocenters. The lowest BCUT2D eigenvalue weighted by molar-refractivity contribution is 0.270. The first-order valence-electron chi connectivity index (χ1n) is 9.53.